The van der Waals surface area contributed by atoms with E-state index in [-0.39, 0.29) is 24.0 Å². The van der Waals surface area contributed by atoms with Crippen molar-refractivity contribution in [2.45, 2.75) is 51.2 Å². The number of rotatable bonds is 2. The Morgan fingerprint density at radius 2 is 2.28 bits per heavy atom. The summed E-state index contributed by atoms with van der Waals surface area (Å²) >= 11 is 0. The van der Waals surface area contributed by atoms with E-state index in [4.69, 9.17) is 5.73 Å². The third kappa shape index (κ3) is 2.53. The van der Waals surface area contributed by atoms with Crippen LogP contribution in [0.15, 0.2) is 24.5 Å². The Labute approximate surface area is 108 Å². The largest absolute Gasteiger partial charge is 0.332 e. The van der Waals surface area contributed by atoms with Crippen LogP contribution in [0.4, 0.5) is 0 Å². The van der Waals surface area contributed by atoms with Gasteiger partial charge in [0, 0.05) is 30.9 Å². The zero-order valence-corrected chi connectivity index (χ0v) is 11.0. The van der Waals surface area contributed by atoms with Gasteiger partial charge in [0.1, 0.15) is 0 Å². The van der Waals surface area contributed by atoms with Crippen LogP contribution in [0.5, 0.6) is 0 Å². The van der Waals surface area contributed by atoms with Crippen LogP contribution in [0.3, 0.4) is 0 Å². The third-order valence-electron chi connectivity index (χ3n) is 3.50. The molecule has 98 valence electrons. The lowest BCUT2D eigenvalue weighted by Gasteiger charge is -2.36. The highest BCUT2D eigenvalue weighted by Crippen LogP contribution is 2.31. The summed E-state index contributed by atoms with van der Waals surface area (Å²) in [5.74, 6) is 0.201. The van der Waals surface area contributed by atoms with Crippen LogP contribution in [-0.2, 0) is 4.79 Å². The molecule has 18 heavy (non-hydrogen) atoms. The molecule has 0 aromatic carbocycles. The second-order valence-electron chi connectivity index (χ2n) is 5.18. The van der Waals surface area contributed by atoms with E-state index in [2.05, 4.69) is 4.98 Å². The molecule has 2 rings (SSSR count). The van der Waals surface area contributed by atoms with E-state index in [1.807, 2.05) is 37.1 Å². The number of pyridine rings is 1. The highest BCUT2D eigenvalue weighted by molar-refractivity contribution is 5.77. The van der Waals surface area contributed by atoms with Crippen molar-refractivity contribution in [3.05, 3.63) is 30.1 Å². The number of likely N-dealkylation sites (tertiary alicyclic amines) is 1. The minimum Gasteiger partial charge on any atom is -0.332 e. The fourth-order valence-electron chi connectivity index (χ4n) is 2.71. The molecule has 1 aliphatic heterocycles. The maximum atomic E-state index is 12.2. The fraction of sp³-hybridized carbons (Fsp3) is 0.571. The summed E-state index contributed by atoms with van der Waals surface area (Å²) in [5.41, 5.74) is 7.32. The van der Waals surface area contributed by atoms with Crippen LogP contribution in [0.1, 0.15) is 44.7 Å². The molecule has 4 nitrogen and oxygen atoms in total. The average molecular weight is 247 g/mol. The maximum absolute atomic E-state index is 12.2. The van der Waals surface area contributed by atoms with E-state index in [1.165, 1.54) is 0 Å². The smallest absolute Gasteiger partial charge is 0.223 e. The van der Waals surface area contributed by atoms with Crippen molar-refractivity contribution >= 4 is 5.91 Å². The standard InChI is InChI=1S/C14H21N3O/c1-10(2)17-13(18)7-3-6-12(15)14(17)11-5-4-8-16-9-11/h4-5,8-10,12,14H,3,6-7,15H2,1-2H3. The van der Waals surface area contributed by atoms with Gasteiger partial charge in [-0.1, -0.05) is 6.07 Å². The molecule has 1 saturated heterocycles. The van der Waals surface area contributed by atoms with Crippen molar-refractivity contribution in [1.82, 2.24) is 9.88 Å². The quantitative estimate of drug-likeness (QED) is 0.868. The number of hydrogen-bond donors (Lipinski definition) is 1. The van der Waals surface area contributed by atoms with Gasteiger partial charge in [-0.25, -0.2) is 0 Å². The summed E-state index contributed by atoms with van der Waals surface area (Å²) < 4.78 is 0. The Morgan fingerprint density at radius 3 is 2.89 bits per heavy atom. The third-order valence-corrected chi connectivity index (χ3v) is 3.50. The van der Waals surface area contributed by atoms with Crippen molar-refractivity contribution in [3.63, 3.8) is 0 Å². The van der Waals surface area contributed by atoms with E-state index < -0.39 is 0 Å². The Morgan fingerprint density at radius 1 is 1.50 bits per heavy atom. The molecule has 1 aliphatic rings. The topological polar surface area (TPSA) is 59.2 Å². The molecule has 1 aromatic rings. The van der Waals surface area contributed by atoms with Crippen LogP contribution in [0.2, 0.25) is 0 Å². The highest BCUT2D eigenvalue weighted by atomic mass is 16.2. The molecule has 0 saturated carbocycles. The Bertz CT molecular complexity index is 405. The average Bonchev–Trinajstić information content (AvgIpc) is 2.49. The maximum Gasteiger partial charge on any atom is 0.223 e. The number of nitrogens with zero attached hydrogens (tertiary/aromatic N) is 2. The number of hydrogen-bond acceptors (Lipinski definition) is 3. The zero-order valence-electron chi connectivity index (χ0n) is 11.0. The lowest BCUT2D eigenvalue weighted by Crippen LogP contribution is -2.45. The van der Waals surface area contributed by atoms with Gasteiger partial charge in [-0.15, -0.1) is 0 Å². The van der Waals surface area contributed by atoms with Gasteiger partial charge < -0.3 is 10.6 Å². The Balaban J connectivity index is 2.39. The minimum atomic E-state index is -0.0475. The van der Waals surface area contributed by atoms with Gasteiger partial charge in [0.25, 0.3) is 0 Å². The first-order valence-corrected chi connectivity index (χ1v) is 6.58. The molecule has 2 atom stereocenters. The first-order valence-electron chi connectivity index (χ1n) is 6.58. The minimum absolute atomic E-state index is 0.0111. The molecule has 1 amide bonds. The van der Waals surface area contributed by atoms with Gasteiger partial charge >= 0.3 is 0 Å². The Kier molecular flexibility index (Phi) is 3.97. The van der Waals surface area contributed by atoms with Crippen molar-refractivity contribution in [3.8, 4) is 0 Å². The molecule has 2 heterocycles. The SMILES string of the molecule is CC(C)N1C(=O)CCCC(N)C1c1cccnc1. The van der Waals surface area contributed by atoms with Gasteiger partial charge in [0.05, 0.1) is 6.04 Å². The van der Waals surface area contributed by atoms with Crippen molar-refractivity contribution in [1.29, 1.82) is 0 Å². The van der Waals surface area contributed by atoms with Gasteiger partial charge in [-0.3, -0.25) is 9.78 Å². The number of nitrogens with two attached hydrogens (primary N) is 1. The monoisotopic (exact) mass is 247 g/mol. The van der Waals surface area contributed by atoms with Gasteiger partial charge in [-0.2, -0.15) is 0 Å². The molecule has 0 aliphatic carbocycles. The van der Waals surface area contributed by atoms with E-state index in [0.29, 0.717) is 6.42 Å². The van der Waals surface area contributed by atoms with Gasteiger partial charge in [-0.05, 0) is 38.3 Å². The van der Waals surface area contributed by atoms with Gasteiger partial charge in [0.2, 0.25) is 5.91 Å². The van der Waals surface area contributed by atoms with Gasteiger partial charge in [0.15, 0.2) is 0 Å². The van der Waals surface area contributed by atoms with Crippen molar-refractivity contribution in [2.24, 2.45) is 5.73 Å². The summed E-state index contributed by atoms with van der Waals surface area (Å²) in [7, 11) is 0. The molecular weight excluding hydrogens is 226 g/mol. The molecule has 2 unspecified atom stereocenters. The van der Waals surface area contributed by atoms with Crippen molar-refractivity contribution in [2.75, 3.05) is 0 Å². The summed E-state index contributed by atoms with van der Waals surface area (Å²) in [6.45, 7) is 4.08. The number of aromatic nitrogens is 1. The predicted octanol–water partition coefficient (Wildman–Crippen LogP) is 1.87. The molecule has 0 spiro atoms. The second kappa shape index (κ2) is 5.48. The number of carbonyl (C=O) groups excluding carboxylic acids is 1. The summed E-state index contributed by atoms with van der Waals surface area (Å²) in [6.07, 6.45) is 5.92. The van der Waals surface area contributed by atoms with Crippen LogP contribution >= 0.6 is 0 Å². The molecule has 4 heteroatoms. The van der Waals surface area contributed by atoms with E-state index in [0.717, 1.165) is 18.4 Å². The lowest BCUT2D eigenvalue weighted by atomic mass is 9.97. The van der Waals surface area contributed by atoms with Crippen molar-refractivity contribution < 1.29 is 4.79 Å². The van der Waals surface area contributed by atoms with Crippen LogP contribution in [0, 0.1) is 0 Å². The predicted molar refractivity (Wildman–Crippen MR) is 70.8 cm³/mol. The molecule has 1 aromatic heterocycles. The van der Waals surface area contributed by atoms with Crippen LogP contribution < -0.4 is 5.73 Å². The number of amides is 1. The first-order chi connectivity index (χ1) is 8.61. The molecule has 0 radical (unpaired) electrons. The fourth-order valence-corrected chi connectivity index (χ4v) is 2.71. The molecule has 2 N–H and O–H groups in total. The summed E-state index contributed by atoms with van der Waals surface area (Å²) in [4.78, 5) is 18.3. The van der Waals surface area contributed by atoms with Crippen LogP contribution in [-0.4, -0.2) is 27.9 Å². The van der Waals surface area contributed by atoms with E-state index in [1.54, 1.807) is 6.20 Å². The summed E-state index contributed by atoms with van der Waals surface area (Å²) in [6, 6.07) is 4.00. The lowest BCUT2D eigenvalue weighted by molar-refractivity contribution is -0.135. The molecule has 1 fully saturated rings. The normalized spacial score (nSPS) is 25.3. The van der Waals surface area contributed by atoms with Crippen LogP contribution in [0.25, 0.3) is 0 Å². The van der Waals surface area contributed by atoms with E-state index >= 15 is 0 Å². The molecule has 0 bridgehead atoms. The first kappa shape index (κ1) is 13.0. The van der Waals surface area contributed by atoms with E-state index in [9.17, 15) is 4.79 Å². The summed E-state index contributed by atoms with van der Waals surface area (Å²) in [5, 5.41) is 0. The highest BCUT2D eigenvalue weighted by Gasteiger charge is 2.34. The zero-order chi connectivity index (χ0) is 13.1. The second-order valence-corrected chi connectivity index (χ2v) is 5.18. The number of carbonyl (C=O) groups is 1. The molecular formula is C14H21N3O. The Hall–Kier alpha value is -1.42.